The van der Waals surface area contributed by atoms with E-state index in [1.807, 2.05) is 6.07 Å². The van der Waals surface area contributed by atoms with Crippen LogP contribution in [-0.4, -0.2) is 49.5 Å². The molecular formula is C18H16ClF3N4O3S2. The van der Waals surface area contributed by atoms with Gasteiger partial charge in [-0.1, -0.05) is 11.6 Å². The SMILES string of the molecule is CN(CC(=O)NCCSc1ncc(C(F)(F)F)cc1Cl)S(=O)(=O)c1ccc(C#N)cc1. The number of hydrogen-bond donors (Lipinski definition) is 1. The van der Waals surface area contributed by atoms with Gasteiger partial charge in [0, 0.05) is 25.5 Å². The first-order valence-corrected chi connectivity index (χ1v) is 11.3. The van der Waals surface area contributed by atoms with Gasteiger partial charge in [-0.15, -0.1) is 11.8 Å². The molecule has 0 atom stereocenters. The monoisotopic (exact) mass is 492 g/mol. The Hall–Kier alpha value is -2.33. The summed E-state index contributed by atoms with van der Waals surface area (Å²) < 4.78 is 63.7. The van der Waals surface area contributed by atoms with Gasteiger partial charge in [0.25, 0.3) is 0 Å². The van der Waals surface area contributed by atoms with Gasteiger partial charge in [0.05, 0.1) is 33.7 Å². The van der Waals surface area contributed by atoms with Crippen molar-refractivity contribution in [3.8, 4) is 6.07 Å². The minimum absolute atomic E-state index is 0.0552. The van der Waals surface area contributed by atoms with Crippen LogP contribution in [-0.2, 0) is 21.0 Å². The van der Waals surface area contributed by atoms with Gasteiger partial charge in [0.1, 0.15) is 5.03 Å². The molecule has 31 heavy (non-hydrogen) atoms. The number of benzene rings is 1. The Morgan fingerprint density at radius 3 is 2.52 bits per heavy atom. The van der Waals surface area contributed by atoms with Crippen molar-refractivity contribution >= 4 is 39.3 Å². The Kier molecular flexibility index (Phi) is 8.30. The maximum atomic E-state index is 12.6. The van der Waals surface area contributed by atoms with E-state index >= 15 is 0 Å². The van der Waals surface area contributed by atoms with Gasteiger partial charge in [0.2, 0.25) is 15.9 Å². The van der Waals surface area contributed by atoms with Crippen molar-refractivity contribution in [2.75, 3.05) is 25.9 Å². The van der Waals surface area contributed by atoms with Crippen LogP contribution in [0.5, 0.6) is 0 Å². The minimum atomic E-state index is -4.54. The van der Waals surface area contributed by atoms with Crippen molar-refractivity contribution < 1.29 is 26.4 Å². The quantitative estimate of drug-likeness (QED) is 0.448. The number of amides is 1. The first-order chi connectivity index (χ1) is 14.4. The number of nitriles is 1. The van der Waals surface area contributed by atoms with E-state index in [2.05, 4.69) is 10.3 Å². The summed E-state index contributed by atoms with van der Waals surface area (Å²) >= 11 is 6.86. The highest BCUT2D eigenvalue weighted by molar-refractivity contribution is 7.99. The van der Waals surface area contributed by atoms with E-state index in [0.717, 1.165) is 22.1 Å². The van der Waals surface area contributed by atoms with Gasteiger partial charge >= 0.3 is 6.18 Å². The number of rotatable bonds is 8. The molecule has 0 fully saturated rings. The highest BCUT2D eigenvalue weighted by Crippen LogP contribution is 2.33. The number of likely N-dealkylation sites (N-methyl/N-ethyl adjacent to an activating group) is 1. The van der Waals surface area contributed by atoms with Crippen molar-refractivity contribution in [1.29, 1.82) is 5.26 Å². The van der Waals surface area contributed by atoms with Crippen molar-refractivity contribution in [3.05, 3.63) is 52.7 Å². The molecule has 0 saturated heterocycles. The number of carbonyl (C=O) groups is 1. The topological polar surface area (TPSA) is 103 Å². The second kappa shape index (κ2) is 10.3. The summed E-state index contributed by atoms with van der Waals surface area (Å²) in [5, 5.41) is 11.3. The fourth-order valence-electron chi connectivity index (χ4n) is 2.25. The Morgan fingerprint density at radius 1 is 1.32 bits per heavy atom. The lowest BCUT2D eigenvalue weighted by molar-refractivity contribution is -0.137. The zero-order valence-electron chi connectivity index (χ0n) is 16.0. The number of aromatic nitrogens is 1. The van der Waals surface area contributed by atoms with E-state index in [-0.39, 0.29) is 27.2 Å². The van der Waals surface area contributed by atoms with E-state index in [0.29, 0.717) is 11.8 Å². The van der Waals surface area contributed by atoms with E-state index in [9.17, 15) is 26.4 Å². The van der Waals surface area contributed by atoms with Crippen molar-refractivity contribution in [2.24, 2.45) is 0 Å². The molecule has 166 valence electrons. The number of hydrogen-bond acceptors (Lipinski definition) is 6. The second-order valence-corrected chi connectivity index (χ2v) is 9.64. The summed E-state index contributed by atoms with van der Waals surface area (Å²) in [6, 6.07) is 7.93. The predicted octanol–water partition coefficient (Wildman–Crippen LogP) is 3.15. The zero-order chi connectivity index (χ0) is 23.2. The van der Waals surface area contributed by atoms with Crippen LogP contribution < -0.4 is 5.32 Å². The molecule has 0 unspecified atom stereocenters. The molecule has 0 aliphatic heterocycles. The van der Waals surface area contributed by atoms with Gasteiger partial charge in [-0.05, 0) is 30.3 Å². The summed E-state index contributed by atoms with van der Waals surface area (Å²) in [6.45, 7) is -0.320. The molecule has 0 bridgehead atoms. The van der Waals surface area contributed by atoms with Crippen LogP contribution in [0.15, 0.2) is 46.5 Å². The molecular weight excluding hydrogens is 477 g/mol. The van der Waals surface area contributed by atoms with Crippen LogP contribution >= 0.6 is 23.4 Å². The van der Waals surface area contributed by atoms with Crippen LogP contribution in [0.25, 0.3) is 0 Å². The van der Waals surface area contributed by atoms with E-state index in [4.69, 9.17) is 16.9 Å². The lowest BCUT2D eigenvalue weighted by atomic mass is 10.2. The smallest absolute Gasteiger partial charge is 0.354 e. The third-order valence-corrected chi connectivity index (χ3v) is 7.08. The van der Waals surface area contributed by atoms with Crippen LogP contribution in [0, 0.1) is 11.3 Å². The summed E-state index contributed by atoms with van der Waals surface area (Å²) in [5.41, 5.74) is -0.652. The van der Waals surface area contributed by atoms with Crippen LogP contribution in [0.4, 0.5) is 13.2 Å². The summed E-state index contributed by atoms with van der Waals surface area (Å²) in [6.07, 6.45) is -3.87. The molecule has 0 aliphatic carbocycles. The molecule has 1 amide bonds. The van der Waals surface area contributed by atoms with Crippen molar-refractivity contribution in [3.63, 3.8) is 0 Å². The van der Waals surface area contributed by atoms with E-state index in [1.54, 1.807) is 0 Å². The number of carbonyl (C=O) groups excluding carboxylic acids is 1. The highest BCUT2D eigenvalue weighted by atomic mass is 35.5. The number of sulfonamides is 1. The molecule has 2 rings (SSSR count). The molecule has 0 aliphatic rings. The Labute approximate surface area is 186 Å². The summed E-state index contributed by atoms with van der Waals surface area (Å²) in [5.74, 6) is -0.303. The fraction of sp³-hybridized carbons (Fsp3) is 0.278. The second-order valence-electron chi connectivity index (χ2n) is 6.10. The molecule has 1 heterocycles. The lowest BCUT2D eigenvalue weighted by Gasteiger charge is -2.17. The van der Waals surface area contributed by atoms with Crippen LogP contribution in [0.3, 0.4) is 0 Å². The summed E-state index contributed by atoms with van der Waals surface area (Å²) in [7, 11) is -2.67. The molecule has 0 spiro atoms. The van der Waals surface area contributed by atoms with Crippen molar-refractivity contribution in [2.45, 2.75) is 16.1 Å². The minimum Gasteiger partial charge on any atom is -0.354 e. The van der Waals surface area contributed by atoms with Crippen LogP contribution in [0.2, 0.25) is 5.02 Å². The summed E-state index contributed by atoms with van der Waals surface area (Å²) in [4.78, 5) is 15.7. The Morgan fingerprint density at radius 2 is 1.97 bits per heavy atom. The van der Waals surface area contributed by atoms with Gasteiger partial charge in [0.15, 0.2) is 0 Å². The number of halogens is 4. The maximum Gasteiger partial charge on any atom is 0.417 e. The average Bonchev–Trinajstić information content (AvgIpc) is 2.71. The first-order valence-electron chi connectivity index (χ1n) is 8.54. The van der Waals surface area contributed by atoms with E-state index < -0.39 is 34.2 Å². The number of nitrogens with zero attached hydrogens (tertiary/aromatic N) is 3. The molecule has 0 radical (unpaired) electrons. The predicted molar refractivity (Wildman–Crippen MR) is 109 cm³/mol. The average molecular weight is 493 g/mol. The molecule has 1 N–H and O–H groups in total. The molecule has 0 saturated carbocycles. The molecule has 1 aromatic heterocycles. The number of alkyl halides is 3. The van der Waals surface area contributed by atoms with Crippen molar-refractivity contribution in [1.82, 2.24) is 14.6 Å². The molecule has 1 aromatic carbocycles. The van der Waals surface area contributed by atoms with Crippen LogP contribution in [0.1, 0.15) is 11.1 Å². The largest absolute Gasteiger partial charge is 0.417 e. The third-order valence-electron chi connectivity index (χ3n) is 3.86. The van der Waals surface area contributed by atoms with Gasteiger partial charge in [-0.3, -0.25) is 4.79 Å². The molecule has 7 nitrogen and oxygen atoms in total. The van der Waals surface area contributed by atoms with E-state index in [1.165, 1.54) is 31.3 Å². The Bertz CT molecular complexity index is 1090. The zero-order valence-corrected chi connectivity index (χ0v) is 18.4. The molecule has 13 heteroatoms. The van der Waals surface area contributed by atoms with Gasteiger partial charge in [-0.25, -0.2) is 13.4 Å². The Balaban J connectivity index is 1.84. The maximum absolute atomic E-state index is 12.6. The fourth-order valence-corrected chi connectivity index (χ4v) is 4.43. The van der Waals surface area contributed by atoms with Gasteiger partial charge in [-0.2, -0.15) is 22.7 Å². The lowest BCUT2D eigenvalue weighted by Crippen LogP contribution is -2.39. The number of pyridine rings is 1. The standard InChI is InChI=1S/C18H16ClF3N4O3S2/c1-26(31(28,29)14-4-2-12(9-23)3-5-14)11-16(27)24-6-7-30-17-15(19)8-13(10-25-17)18(20,21)22/h2-5,8,10H,6-7,11H2,1H3,(H,24,27). The number of thioether (sulfide) groups is 1. The normalized spacial score (nSPS) is 11.9. The van der Waals surface area contributed by atoms with Gasteiger partial charge < -0.3 is 5.32 Å². The third kappa shape index (κ3) is 6.83. The highest BCUT2D eigenvalue weighted by Gasteiger charge is 2.31. The first kappa shape index (κ1) is 24.9. The molecule has 2 aromatic rings. The number of nitrogens with one attached hydrogen (secondary N) is 1.